The van der Waals surface area contributed by atoms with Crippen LogP contribution in [0.3, 0.4) is 0 Å². The van der Waals surface area contributed by atoms with E-state index in [4.69, 9.17) is 11.6 Å². The van der Waals surface area contributed by atoms with E-state index in [2.05, 4.69) is 21.2 Å². The number of rotatable bonds is 4. The van der Waals surface area contributed by atoms with Gasteiger partial charge < -0.3 is 5.32 Å². The Hall–Kier alpha value is -0.610. The third-order valence-electron chi connectivity index (χ3n) is 3.75. The van der Waals surface area contributed by atoms with Crippen molar-refractivity contribution in [2.75, 3.05) is 12.4 Å². The Morgan fingerprint density at radius 3 is 2.68 bits per heavy atom. The van der Waals surface area contributed by atoms with E-state index in [0.717, 1.165) is 25.7 Å². The predicted molar refractivity (Wildman–Crippen MR) is 78.1 cm³/mol. The summed E-state index contributed by atoms with van der Waals surface area (Å²) in [4.78, 5) is 12.0. The van der Waals surface area contributed by atoms with Gasteiger partial charge in [-0.05, 0) is 31.0 Å². The zero-order chi connectivity index (χ0) is 13.9. The van der Waals surface area contributed by atoms with Crippen molar-refractivity contribution in [1.29, 1.82) is 0 Å². The summed E-state index contributed by atoms with van der Waals surface area (Å²) >= 11 is 9.18. The molecule has 19 heavy (non-hydrogen) atoms. The summed E-state index contributed by atoms with van der Waals surface area (Å²) in [5.74, 6) is -0.351. The highest BCUT2D eigenvalue weighted by Gasteiger charge is 2.33. The lowest BCUT2D eigenvalue weighted by molar-refractivity contribution is 0.0931. The van der Waals surface area contributed by atoms with Crippen LogP contribution >= 0.6 is 27.5 Å². The molecule has 1 fully saturated rings. The number of carbonyl (C=O) groups is 1. The molecule has 1 aliphatic carbocycles. The molecule has 0 saturated heterocycles. The van der Waals surface area contributed by atoms with Gasteiger partial charge in [0, 0.05) is 22.3 Å². The van der Waals surface area contributed by atoms with Crippen LogP contribution < -0.4 is 5.32 Å². The monoisotopic (exact) mass is 347 g/mol. The largest absolute Gasteiger partial charge is 0.351 e. The minimum atomic E-state index is -0.516. The van der Waals surface area contributed by atoms with Gasteiger partial charge in [0.05, 0.1) is 5.56 Å². The molecule has 1 N–H and O–H groups in total. The van der Waals surface area contributed by atoms with Crippen LogP contribution in [0, 0.1) is 11.2 Å². The number of benzene rings is 1. The number of amides is 1. The first-order chi connectivity index (χ1) is 9.06. The Kier molecular flexibility index (Phi) is 4.85. The van der Waals surface area contributed by atoms with Gasteiger partial charge in [0.25, 0.3) is 5.91 Å². The third kappa shape index (κ3) is 3.48. The summed E-state index contributed by atoms with van der Waals surface area (Å²) in [5.41, 5.74) is 0.0641. The van der Waals surface area contributed by atoms with Gasteiger partial charge in [-0.25, -0.2) is 4.39 Å². The Balaban J connectivity index is 2.01. The highest BCUT2D eigenvalue weighted by molar-refractivity contribution is 9.10. The maximum Gasteiger partial charge on any atom is 0.254 e. The molecule has 1 amide bonds. The van der Waals surface area contributed by atoms with Gasteiger partial charge in [-0.3, -0.25) is 4.79 Å². The SMILES string of the molecule is O=C(NCC1(CCl)CCCC1)c1ccc(Br)cc1F. The van der Waals surface area contributed by atoms with Crippen molar-refractivity contribution in [2.45, 2.75) is 25.7 Å². The number of nitrogens with one attached hydrogen (secondary N) is 1. The van der Waals surface area contributed by atoms with Crippen LogP contribution in [0.4, 0.5) is 4.39 Å². The first-order valence-electron chi connectivity index (χ1n) is 6.36. The lowest BCUT2D eigenvalue weighted by atomic mass is 9.88. The Morgan fingerprint density at radius 1 is 1.42 bits per heavy atom. The molecule has 0 radical (unpaired) electrons. The molecule has 0 bridgehead atoms. The van der Waals surface area contributed by atoms with E-state index in [1.165, 1.54) is 12.1 Å². The van der Waals surface area contributed by atoms with Gasteiger partial charge in [-0.15, -0.1) is 11.6 Å². The third-order valence-corrected chi connectivity index (χ3v) is 4.81. The summed E-state index contributed by atoms with van der Waals surface area (Å²) in [5, 5.41) is 2.81. The van der Waals surface area contributed by atoms with Crippen LogP contribution in [0.2, 0.25) is 0 Å². The number of halogens is 3. The first kappa shape index (κ1) is 14.8. The summed E-state index contributed by atoms with van der Waals surface area (Å²) in [6, 6.07) is 4.43. The van der Waals surface area contributed by atoms with Crippen LogP contribution in [0.25, 0.3) is 0 Å². The zero-order valence-electron chi connectivity index (χ0n) is 10.5. The fourth-order valence-corrected chi connectivity index (χ4v) is 3.21. The van der Waals surface area contributed by atoms with Crippen molar-refractivity contribution < 1.29 is 9.18 Å². The standard InChI is InChI=1S/C14H16BrClFNO/c15-10-3-4-11(12(17)7-10)13(19)18-9-14(8-16)5-1-2-6-14/h3-4,7H,1-2,5-6,8-9H2,(H,18,19). The molecule has 0 spiro atoms. The minimum Gasteiger partial charge on any atom is -0.351 e. The fraction of sp³-hybridized carbons (Fsp3) is 0.500. The van der Waals surface area contributed by atoms with E-state index >= 15 is 0 Å². The highest BCUT2D eigenvalue weighted by atomic mass is 79.9. The second kappa shape index (κ2) is 6.23. The summed E-state index contributed by atoms with van der Waals surface area (Å²) in [7, 11) is 0. The maximum absolute atomic E-state index is 13.7. The number of hydrogen-bond acceptors (Lipinski definition) is 1. The molecule has 2 nitrogen and oxygen atoms in total. The molecular weight excluding hydrogens is 333 g/mol. The van der Waals surface area contributed by atoms with Crippen molar-refractivity contribution in [3.8, 4) is 0 Å². The smallest absolute Gasteiger partial charge is 0.254 e. The van der Waals surface area contributed by atoms with Crippen LogP contribution in [0.1, 0.15) is 36.0 Å². The van der Waals surface area contributed by atoms with Crippen molar-refractivity contribution in [3.05, 3.63) is 34.1 Å². The molecule has 5 heteroatoms. The molecule has 0 unspecified atom stereocenters. The summed E-state index contributed by atoms with van der Waals surface area (Å²) in [6.45, 7) is 0.519. The average Bonchev–Trinajstić information content (AvgIpc) is 2.85. The van der Waals surface area contributed by atoms with Gasteiger partial charge in [0.2, 0.25) is 0 Å². The normalized spacial score (nSPS) is 17.4. The van der Waals surface area contributed by atoms with Gasteiger partial charge in [-0.1, -0.05) is 28.8 Å². The molecule has 2 rings (SSSR count). The highest BCUT2D eigenvalue weighted by Crippen LogP contribution is 2.38. The molecule has 0 atom stereocenters. The Bertz CT molecular complexity index is 475. The first-order valence-corrected chi connectivity index (χ1v) is 7.68. The lowest BCUT2D eigenvalue weighted by Gasteiger charge is -2.26. The van der Waals surface area contributed by atoms with Crippen molar-refractivity contribution in [3.63, 3.8) is 0 Å². The van der Waals surface area contributed by atoms with E-state index in [9.17, 15) is 9.18 Å². The van der Waals surface area contributed by atoms with E-state index < -0.39 is 5.82 Å². The Labute approximate surface area is 125 Å². The summed E-state index contributed by atoms with van der Waals surface area (Å²) < 4.78 is 14.3. The van der Waals surface area contributed by atoms with E-state index in [-0.39, 0.29) is 16.9 Å². The quantitative estimate of drug-likeness (QED) is 0.815. The second-order valence-corrected chi connectivity index (χ2v) is 6.33. The number of alkyl halides is 1. The second-order valence-electron chi connectivity index (χ2n) is 5.15. The van der Waals surface area contributed by atoms with E-state index in [1.54, 1.807) is 6.07 Å². The van der Waals surface area contributed by atoms with Gasteiger partial charge in [-0.2, -0.15) is 0 Å². The van der Waals surface area contributed by atoms with Crippen molar-refractivity contribution >= 4 is 33.4 Å². The van der Waals surface area contributed by atoms with E-state index in [0.29, 0.717) is 16.9 Å². The number of hydrogen-bond donors (Lipinski definition) is 1. The molecule has 1 aromatic carbocycles. The summed E-state index contributed by atoms with van der Waals surface area (Å²) in [6.07, 6.45) is 4.35. The molecule has 1 aromatic rings. The molecule has 1 aliphatic rings. The minimum absolute atomic E-state index is 0.0109. The van der Waals surface area contributed by atoms with Gasteiger partial charge in [0.15, 0.2) is 0 Å². The topological polar surface area (TPSA) is 29.1 Å². The maximum atomic E-state index is 13.7. The van der Waals surface area contributed by atoms with Crippen LogP contribution in [-0.4, -0.2) is 18.3 Å². The molecule has 104 valence electrons. The average molecular weight is 349 g/mol. The van der Waals surface area contributed by atoms with E-state index in [1.807, 2.05) is 0 Å². The van der Waals surface area contributed by atoms with Gasteiger partial charge >= 0.3 is 0 Å². The molecule has 1 saturated carbocycles. The molecule has 0 aromatic heterocycles. The fourth-order valence-electron chi connectivity index (χ4n) is 2.52. The van der Waals surface area contributed by atoms with Crippen molar-refractivity contribution in [1.82, 2.24) is 5.32 Å². The number of carbonyl (C=O) groups excluding carboxylic acids is 1. The zero-order valence-corrected chi connectivity index (χ0v) is 12.9. The van der Waals surface area contributed by atoms with Crippen LogP contribution in [0.15, 0.2) is 22.7 Å². The molecule has 0 heterocycles. The Morgan fingerprint density at radius 2 is 2.11 bits per heavy atom. The van der Waals surface area contributed by atoms with Gasteiger partial charge in [0.1, 0.15) is 5.82 Å². The molecular formula is C14H16BrClFNO. The lowest BCUT2D eigenvalue weighted by Crippen LogP contribution is -2.37. The van der Waals surface area contributed by atoms with Crippen molar-refractivity contribution in [2.24, 2.45) is 5.41 Å². The predicted octanol–water partition coefficient (Wildman–Crippen LogP) is 4.12. The van der Waals surface area contributed by atoms with Crippen LogP contribution in [0.5, 0.6) is 0 Å². The molecule has 0 aliphatic heterocycles. The van der Waals surface area contributed by atoms with Crippen LogP contribution in [-0.2, 0) is 0 Å².